The number of nitrogens with one attached hydrogen (secondary N) is 1. The van der Waals surface area contributed by atoms with Gasteiger partial charge in [0.2, 0.25) is 0 Å². The maximum Gasteiger partial charge on any atom is 0.407 e. The Morgan fingerprint density at radius 1 is 1.29 bits per heavy atom. The molecule has 1 heterocycles. The van der Waals surface area contributed by atoms with Crippen LogP contribution in [0.2, 0.25) is 0 Å². The molecule has 24 heavy (non-hydrogen) atoms. The number of aliphatic hydroxyl groups is 1. The molecule has 1 amide bonds. The summed E-state index contributed by atoms with van der Waals surface area (Å²) in [7, 11) is 0. The van der Waals surface area contributed by atoms with E-state index in [9.17, 15) is 9.90 Å². The molecule has 2 rings (SSSR count). The van der Waals surface area contributed by atoms with E-state index in [4.69, 9.17) is 4.74 Å². The molecule has 0 aromatic heterocycles. The van der Waals surface area contributed by atoms with Gasteiger partial charge in [-0.25, -0.2) is 4.79 Å². The van der Waals surface area contributed by atoms with Crippen LogP contribution in [0.3, 0.4) is 0 Å². The van der Waals surface area contributed by atoms with Crippen molar-refractivity contribution in [2.75, 3.05) is 18.1 Å². The number of carbonyl (C=O) groups is 1. The van der Waals surface area contributed by atoms with Gasteiger partial charge in [-0.1, -0.05) is 30.3 Å². The Morgan fingerprint density at radius 3 is 2.46 bits per heavy atom. The SMILES string of the molecule is CC(C)(C)OC(=O)N[C@@H](CO)CC1(c2ccccc2)SCCCS1. The highest BCUT2D eigenvalue weighted by Gasteiger charge is 2.38. The van der Waals surface area contributed by atoms with Crippen molar-refractivity contribution < 1.29 is 14.6 Å². The lowest BCUT2D eigenvalue weighted by atomic mass is 10.0. The van der Waals surface area contributed by atoms with Crippen LogP contribution >= 0.6 is 23.5 Å². The molecule has 0 spiro atoms. The molecule has 0 unspecified atom stereocenters. The summed E-state index contributed by atoms with van der Waals surface area (Å²) in [6.07, 6.45) is 1.38. The maximum absolute atomic E-state index is 12.1. The molecule has 1 aromatic carbocycles. The lowest BCUT2D eigenvalue weighted by molar-refractivity contribution is 0.0478. The van der Waals surface area contributed by atoms with Crippen LogP contribution in [0.15, 0.2) is 30.3 Å². The zero-order valence-electron chi connectivity index (χ0n) is 14.6. The highest BCUT2D eigenvalue weighted by molar-refractivity contribution is 8.18. The zero-order chi connectivity index (χ0) is 17.6. The Balaban J connectivity index is 2.11. The van der Waals surface area contributed by atoms with Crippen LogP contribution in [0, 0.1) is 0 Å². The molecular weight excluding hydrogens is 342 g/mol. The van der Waals surface area contributed by atoms with Crippen molar-refractivity contribution in [2.45, 2.75) is 49.3 Å². The van der Waals surface area contributed by atoms with Gasteiger partial charge in [0.05, 0.1) is 16.7 Å². The van der Waals surface area contributed by atoms with Gasteiger partial charge >= 0.3 is 6.09 Å². The number of alkyl carbamates (subject to hydrolysis) is 1. The average Bonchev–Trinajstić information content (AvgIpc) is 2.54. The first-order chi connectivity index (χ1) is 11.3. The molecule has 1 aliphatic heterocycles. The first-order valence-corrected chi connectivity index (χ1v) is 10.3. The van der Waals surface area contributed by atoms with E-state index in [-0.39, 0.29) is 16.7 Å². The minimum Gasteiger partial charge on any atom is -0.444 e. The second-order valence-electron chi connectivity index (χ2n) is 6.90. The minimum absolute atomic E-state index is 0.102. The Morgan fingerprint density at radius 2 is 1.92 bits per heavy atom. The van der Waals surface area contributed by atoms with E-state index in [1.54, 1.807) is 0 Å². The molecule has 0 aliphatic carbocycles. The van der Waals surface area contributed by atoms with Crippen LogP contribution in [-0.2, 0) is 8.82 Å². The van der Waals surface area contributed by atoms with Crippen molar-refractivity contribution in [3.8, 4) is 0 Å². The number of carbonyl (C=O) groups excluding carboxylic acids is 1. The third-order valence-corrected chi connectivity index (χ3v) is 7.06. The fourth-order valence-corrected chi connectivity index (χ4v) is 6.13. The molecule has 1 atom stereocenters. The largest absolute Gasteiger partial charge is 0.444 e. The number of ether oxygens (including phenoxy) is 1. The predicted octanol–water partition coefficient (Wildman–Crippen LogP) is 3.99. The molecule has 0 saturated carbocycles. The van der Waals surface area contributed by atoms with Gasteiger partial charge in [0.15, 0.2) is 0 Å². The number of amides is 1. The van der Waals surface area contributed by atoms with Gasteiger partial charge in [-0.2, -0.15) is 0 Å². The van der Waals surface area contributed by atoms with Gasteiger partial charge < -0.3 is 15.2 Å². The van der Waals surface area contributed by atoms with Gasteiger partial charge in [-0.3, -0.25) is 0 Å². The summed E-state index contributed by atoms with van der Waals surface area (Å²) in [5.74, 6) is 2.18. The highest BCUT2D eigenvalue weighted by atomic mass is 32.2. The van der Waals surface area contributed by atoms with Crippen molar-refractivity contribution in [1.82, 2.24) is 5.32 Å². The zero-order valence-corrected chi connectivity index (χ0v) is 16.2. The number of thioether (sulfide) groups is 2. The molecular formula is C18H27NO3S2. The van der Waals surface area contributed by atoms with Crippen LogP contribution in [-0.4, -0.2) is 41.0 Å². The summed E-state index contributed by atoms with van der Waals surface area (Å²) in [6, 6.07) is 10.0. The van der Waals surface area contributed by atoms with E-state index < -0.39 is 11.7 Å². The lowest BCUT2D eigenvalue weighted by Gasteiger charge is -2.39. The standard InChI is InChI=1S/C18H27NO3S2/c1-17(2,3)22-16(21)19-15(13-20)12-18(23-10-7-11-24-18)14-8-5-4-6-9-14/h4-6,8-9,15,20H,7,10-13H2,1-3H3,(H,19,21)/t15-/m1/s1. The fourth-order valence-electron chi connectivity index (χ4n) is 2.63. The fraction of sp³-hybridized carbons (Fsp3) is 0.611. The van der Waals surface area contributed by atoms with Crippen LogP contribution in [0.25, 0.3) is 0 Å². The molecule has 1 aromatic rings. The topological polar surface area (TPSA) is 58.6 Å². The summed E-state index contributed by atoms with van der Waals surface area (Å²) >= 11 is 3.81. The second kappa shape index (κ2) is 8.50. The predicted molar refractivity (Wildman–Crippen MR) is 103 cm³/mol. The van der Waals surface area contributed by atoms with E-state index in [2.05, 4.69) is 17.4 Å². The quantitative estimate of drug-likeness (QED) is 0.822. The number of hydrogen-bond donors (Lipinski definition) is 2. The molecule has 1 aliphatic rings. The van der Waals surface area contributed by atoms with Gasteiger partial charge in [0.25, 0.3) is 0 Å². The van der Waals surface area contributed by atoms with Crippen LogP contribution in [0.5, 0.6) is 0 Å². The Kier molecular flexibility index (Phi) is 6.89. The van der Waals surface area contributed by atoms with E-state index >= 15 is 0 Å². The summed E-state index contributed by atoms with van der Waals surface area (Å²) in [5, 5.41) is 12.6. The van der Waals surface area contributed by atoms with Crippen LogP contribution in [0.4, 0.5) is 4.79 Å². The number of rotatable bonds is 5. The average molecular weight is 370 g/mol. The van der Waals surface area contributed by atoms with Crippen molar-refractivity contribution in [3.63, 3.8) is 0 Å². The maximum atomic E-state index is 12.1. The Bertz CT molecular complexity index is 525. The summed E-state index contributed by atoms with van der Waals surface area (Å²) in [6.45, 7) is 5.39. The molecule has 0 bridgehead atoms. The van der Waals surface area contributed by atoms with Crippen LogP contribution < -0.4 is 5.32 Å². The highest BCUT2D eigenvalue weighted by Crippen LogP contribution is 2.53. The van der Waals surface area contributed by atoms with E-state index in [1.165, 1.54) is 12.0 Å². The lowest BCUT2D eigenvalue weighted by Crippen LogP contribution is -2.44. The van der Waals surface area contributed by atoms with Crippen LogP contribution in [0.1, 0.15) is 39.2 Å². The molecule has 6 heteroatoms. The molecule has 4 nitrogen and oxygen atoms in total. The van der Waals surface area contributed by atoms with Gasteiger partial charge in [-0.05, 0) is 50.7 Å². The number of aliphatic hydroxyl groups excluding tert-OH is 1. The van der Waals surface area contributed by atoms with Gasteiger partial charge in [0.1, 0.15) is 5.60 Å². The number of benzene rings is 1. The summed E-state index contributed by atoms with van der Waals surface area (Å²) in [4.78, 5) is 12.1. The second-order valence-corrected chi connectivity index (χ2v) is 9.95. The first kappa shape index (κ1) is 19.5. The monoisotopic (exact) mass is 369 g/mol. The van der Waals surface area contributed by atoms with E-state index in [0.717, 1.165) is 11.5 Å². The van der Waals surface area contributed by atoms with Crippen molar-refractivity contribution in [1.29, 1.82) is 0 Å². The summed E-state index contributed by atoms with van der Waals surface area (Å²) in [5.41, 5.74) is 0.694. The molecule has 2 N–H and O–H groups in total. The Hall–Kier alpha value is -0.850. The normalized spacial score (nSPS) is 18.7. The summed E-state index contributed by atoms with van der Waals surface area (Å²) < 4.78 is 5.19. The third kappa shape index (κ3) is 5.60. The van der Waals surface area contributed by atoms with Crippen molar-refractivity contribution >= 4 is 29.6 Å². The smallest absolute Gasteiger partial charge is 0.407 e. The Labute approximate surface area is 153 Å². The molecule has 134 valence electrons. The molecule has 0 radical (unpaired) electrons. The molecule has 1 fully saturated rings. The van der Waals surface area contributed by atoms with E-state index in [0.29, 0.717) is 6.42 Å². The first-order valence-electron chi connectivity index (χ1n) is 8.28. The molecule has 1 saturated heterocycles. The number of hydrogen-bond acceptors (Lipinski definition) is 5. The van der Waals surface area contributed by atoms with Gasteiger partial charge in [-0.15, -0.1) is 23.5 Å². The van der Waals surface area contributed by atoms with Crippen molar-refractivity contribution in [2.24, 2.45) is 0 Å². The van der Waals surface area contributed by atoms with Crippen molar-refractivity contribution in [3.05, 3.63) is 35.9 Å². The van der Waals surface area contributed by atoms with Gasteiger partial charge in [0, 0.05) is 0 Å². The minimum atomic E-state index is -0.546. The van der Waals surface area contributed by atoms with E-state index in [1.807, 2.05) is 62.5 Å². The third-order valence-electron chi connectivity index (χ3n) is 3.63.